The largest absolute Gasteiger partial charge is 0.347 e. The molecule has 0 bridgehead atoms. The first kappa shape index (κ1) is 11.9. The Bertz CT molecular complexity index is 365. The Morgan fingerprint density at radius 1 is 1.53 bits per heavy atom. The normalized spacial score (nSPS) is 13.9. The number of aromatic nitrogens is 2. The minimum atomic E-state index is -0.193. The Balaban J connectivity index is 2.85. The van der Waals surface area contributed by atoms with Gasteiger partial charge in [0.2, 0.25) is 0 Å². The maximum absolute atomic E-state index is 11.4. The van der Waals surface area contributed by atoms with Crippen molar-refractivity contribution >= 4 is 0 Å². The fourth-order valence-corrected chi connectivity index (χ4v) is 1.52. The summed E-state index contributed by atoms with van der Waals surface area (Å²) in [5.74, 6) is 0. The second-order valence-electron chi connectivity index (χ2n) is 4.76. The molecule has 1 aromatic rings. The van der Waals surface area contributed by atoms with Crippen LogP contribution in [0.2, 0.25) is 0 Å². The second-order valence-corrected chi connectivity index (χ2v) is 4.76. The summed E-state index contributed by atoms with van der Waals surface area (Å²) in [6.07, 6.45) is 3.29. The van der Waals surface area contributed by atoms with Crippen LogP contribution in [0, 0.1) is 5.41 Å². The lowest BCUT2D eigenvalue weighted by Gasteiger charge is -2.30. The first-order chi connectivity index (χ1) is 6.95. The van der Waals surface area contributed by atoms with E-state index in [0.717, 1.165) is 0 Å². The van der Waals surface area contributed by atoms with Gasteiger partial charge in [0.15, 0.2) is 0 Å². The SMILES string of the molecule is CNC(Cn1cccnc1=O)C(C)(C)C. The monoisotopic (exact) mass is 209 g/mol. The summed E-state index contributed by atoms with van der Waals surface area (Å²) in [7, 11) is 1.91. The van der Waals surface area contributed by atoms with Crippen molar-refractivity contribution in [3.63, 3.8) is 0 Å². The van der Waals surface area contributed by atoms with E-state index in [2.05, 4.69) is 31.1 Å². The average Bonchev–Trinajstić information content (AvgIpc) is 2.14. The Morgan fingerprint density at radius 2 is 2.20 bits per heavy atom. The summed E-state index contributed by atoms with van der Waals surface area (Å²) in [6.45, 7) is 7.09. The zero-order valence-corrected chi connectivity index (χ0v) is 9.82. The van der Waals surface area contributed by atoms with Gasteiger partial charge in [-0.1, -0.05) is 20.8 Å². The van der Waals surface area contributed by atoms with Crippen LogP contribution in [0.5, 0.6) is 0 Å². The molecule has 0 spiro atoms. The number of likely N-dealkylation sites (N-methyl/N-ethyl adjacent to an activating group) is 1. The van der Waals surface area contributed by atoms with Gasteiger partial charge in [-0.25, -0.2) is 9.78 Å². The molecular formula is C11H19N3O. The van der Waals surface area contributed by atoms with Crippen molar-refractivity contribution in [1.82, 2.24) is 14.9 Å². The summed E-state index contributed by atoms with van der Waals surface area (Å²) < 4.78 is 1.63. The number of nitrogens with zero attached hydrogens (tertiary/aromatic N) is 2. The first-order valence-corrected chi connectivity index (χ1v) is 5.14. The molecule has 0 fully saturated rings. The van der Waals surface area contributed by atoms with Gasteiger partial charge in [-0.2, -0.15) is 0 Å². The fraction of sp³-hybridized carbons (Fsp3) is 0.636. The summed E-state index contributed by atoms with van der Waals surface area (Å²) in [4.78, 5) is 15.1. The quantitative estimate of drug-likeness (QED) is 0.803. The van der Waals surface area contributed by atoms with E-state index in [-0.39, 0.29) is 17.1 Å². The molecule has 4 nitrogen and oxygen atoms in total. The highest BCUT2D eigenvalue weighted by Crippen LogP contribution is 2.19. The van der Waals surface area contributed by atoms with E-state index in [1.165, 1.54) is 6.20 Å². The van der Waals surface area contributed by atoms with Crippen molar-refractivity contribution < 1.29 is 0 Å². The standard InChI is InChI=1S/C11H19N3O/c1-11(2,3)9(12-4)8-14-7-5-6-13-10(14)15/h5-7,9,12H,8H2,1-4H3. The van der Waals surface area contributed by atoms with E-state index in [9.17, 15) is 4.79 Å². The van der Waals surface area contributed by atoms with Crippen molar-refractivity contribution in [2.24, 2.45) is 5.41 Å². The molecule has 1 unspecified atom stereocenters. The highest BCUT2D eigenvalue weighted by Gasteiger charge is 2.23. The van der Waals surface area contributed by atoms with Gasteiger partial charge in [-0.15, -0.1) is 0 Å². The maximum Gasteiger partial charge on any atom is 0.347 e. The number of rotatable bonds is 3. The van der Waals surface area contributed by atoms with Crippen LogP contribution < -0.4 is 11.0 Å². The molecule has 0 aromatic carbocycles. The van der Waals surface area contributed by atoms with Gasteiger partial charge in [-0.3, -0.25) is 4.57 Å². The smallest absolute Gasteiger partial charge is 0.315 e. The highest BCUT2D eigenvalue weighted by molar-refractivity contribution is 4.85. The van der Waals surface area contributed by atoms with Crippen molar-refractivity contribution in [2.75, 3.05) is 7.05 Å². The van der Waals surface area contributed by atoms with E-state index in [0.29, 0.717) is 6.54 Å². The zero-order valence-electron chi connectivity index (χ0n) is 9.82. The van der Waals surface area contributed by atoms with E-state index in [1.54, 1.807) is 16.8 Å². The van der Waals surface area contributed by atoms with Gasteiger partial charge < -0.3 is 5.32 Å². The molecule has 0 aliphatic carbocycles. The third-order valence-electron chi connectivity index (χ3n) is 2.56. The number of hydrogen-bond donors (Lipinski definition) is 1. The van der Waals surface area contributed by atoms with Crippen LogP contribution in [0.15, 0.2) is 23.3 Å². The highest BCUT2D eigenvalue weighted by atomic mass is 16.1. The van der Waals surface area contributed by atoms with Gasteiger partial charge in [0.25, 0.3) is 0 Å². The Labute approximate surface area is 90.3 Å². The van der Waals surface area contributed by atoms with Crippen LogP contribution >= 0.6 is 0 Å². The predicted octanol–water partition coefficient (Wildman–Crippen LogP) is 0.877. The molecule has 0 saturated carbocycles. The summed E-state index contributed by atoms with van der Waals surface area (Å²) >= 11 is 0. The third-order valence-corrected chi connectivity index (χ3v) is 2.56. The van der Waals surface area contributed by atoms with Crippen LogP contribution in [-0.2, 0) is 6.54 Å². The van der Waals surface area contributed by atoms with Crippen LogP contribution in [0.25, 0.3) is 0 Å². The van der Waals surface area contributed by atoms with Crippen molar-refractivity contribution in [3.8, 4) is 0 Å². The van der Waals surface area contributed by atoms with Crippen molar-refractivity contribution in [1.29, 1.82) is 0 Å². The van der Waals surface area contributed by atoms with Crippen LogP contribution in [0.4, 0.5) is 0 Å². The molecule has 1 rings (SSSR count). The zero-order chi connectivity index (χ0) is 11.5. The molecule has 1 N–H and O–H groups in total. The molecule has 0 radical (unpaired) electrons. The molecule has 84 valence electrons. The Morgan fingerprint density at radius 3 is 2.67 bits per heavy atom. The van der Waals surface area contributed by atoms with Gasteiger partial charge in [0.05, 0.1) is 0 Å². The second kappa shape index (κ2) is 4.57. The minimum Gasteiger partial charge on any atom is -0.315 e. The van der Waals surface area contributed by atoms with Crippen LogP contribution in [0.1, 0.15) is 20.8 Å². The summed E-state index contributed by atoms with van der Waals surface area (Å²) in [6, 6.07) is 2.02. The third kappa shape index (κ3) is 3.16. The van der Waals surface area contributed by atoms with Crippen molar-refractivity contribution in [2.45, 2.75) is 33.4 Å². The van der Waals surface area contributed by atoms with Crippen LogP contribution in [0.3, 0.4) is 0 Å². The predicted molar refractivity (Wildman–Crippen MR) is 60.8 cm³/mol. The molecule has 0 amide bonds. The number of nitrogens with one attached hydrogen (secondary N) is 1. The lowest BCUT2D eigenvalue weighted by Crippen LogP contribution is -2.43. The summed E-state index contributed by atoms with van der Waals surface area (Å²) in [5.41, 5.74) is -0.0775. The van der Waals surface area contributed by atoms with Gasteiger partial charge in [-0.05, 0) is 18.5 Å². The topological polar surface area (TPSA) is 46.9 Å². The molecule has 0 aliphatic heterocycles. The van der Waals surface area contributed by atoms with E-state index in [1.807, 2.05) is 7.05 Å². The summed E-state index contributed by atoms with van der Waals surface area (Å²) in [5, 5.41) is 3.23. The lowest BCUT2D eigenvalue weighted by atomic mass is 9.87. The van der Waals surface area contributed by atoms with E-state index >= 15 is 0 Å². The molecule has 1 aromatic heterocycles. The molecule has 1 atom stereocenters. The maximum atomic E-state index is 11.4. The molecule has 15 heavy (non-hydrogen) atoms. The van der Waals surface area contributed by atoms with Crippen molar-refractivity contribution in [3.05, 3.63) is 28.9 Å². The fourth-order valence-electron chi connectivity index (χ4n) is 1.52. The Kier molecular flexibility index (Phi) is 3.63. The van der Waals surface area contributed by atoms with Gasteiger partial charge in [0, 0.05) is 25.0 Å². The molecule has 0 saturated heterocycles. The lowest BCUT2D eigenvalue weighted by molar-refractivity contribution is 0.251. The average molecular weight is 209 g/mol. The molecule has 0 aliphatic rings. The molecule has 1 heterocycles. The molecule has 4 heteroatoms. The minimum absolute atomic E-state index is 0.115. The van der Waals surface area contributed by atoms with Crippen LogP contribution in [-0.4, -0.2) is 22.6 Å². The van der Waals surface area contributed by atoms with E-state index < -0.39 is 0 Å². The molecular weight excluding hydrogens is 190 g/mol. The van der Waals surface area contributed by atoms with Gasteiger partial charge in [0.1, 0.15) is 0 Å². The first-order valence-electron chi connectivity index (χ1n) is 5.14. The van der Waals surface area contributed by atoms with E-state index in [4.69, 9.17) is 0 Å². The Hall–Kier alpha value is -1.16. The van der Waals surface area contributed by atoms with Gasteiger partial charge >= 0.3 is 5.69 Å². The number of hydrogen-bond acceptors (Lipinski definition) is 3.